The third kappa shape index (κ3) is 4.78. The lowest BCUT2D eigenvalue weighted by Gasteiger charge is -2.17. The Labute approximate surface area is 179 Å². The van der Waals surface area contributed by atoms with Gasteiger partial charge in [0.05, 0.1) is 13.2 Å². The topological polar surface area (TPSA) is 86.4 Å². The van der Waals surface area contributed by atoms with E-state index in [-0.39, 0.29) is 19.3 Å². The van der Waals surface area contributed by atoms with Crippen LogP contribution in [0, 0.1) is 0 Å². The first-order valence-corrected chi connectivity index (χ1v) is 10.0. The van der Waals surface area contributed by atoms with Gasteiger partial charge in [-0.1, -0.05) is 55.1 Å². The normalized spacial score (nSPS) is 14.8. The van der Waals surface area contributed by atoms with E-state index in [1.54, 1.807) is 6.92 Å². The SMILES string of the molecule is C=C(C)C(=O)OCCNC(=O)Oc1c2ccccc2c(OCC2CO2)c2ccccc12. The predicted octanol–water partition coefficient (Wildman–Crippen LogP) is 3.98. The number of amides is 1. The average Bonchev–Trinajstić information content (AvgIpc) is 3.60. The molecule has 1 amide bonds. The number of rotatable bonds is 8. The van der Waals surface area contributed by atoms with Crippen LogP contribution in [-0.4, -0.2) is 44.5 Å². The van der Waals surface area contributed by atoms with Crippen molar-refractivity contribution >= 4 is 33.6 Å². The first-order valence-electron chi connectivity index (χ1n) is 10.0. The summed E-state index contributed by atoms with van der Waals surface area (Å²) in [5, 5.41) is 5.82. The molecule has 1 fully saturated rings. The Bertz CT molecular complexity index is 1090. The first kappa shape index (κ1) is 20.7. The zero-order chi connectivity index (χ0) is 21.8. The summed E-state index contributed by atoms with van der Waals surface area (Å²) >= 11 is 0. The summed E-state index contributed by atoms with van der Waals surface area (Å²) in [7, 11) is 0. The fourth-order valence-corrected chi connectivity index (χ4v) is 3.20. The molecule has 3 aromatic carbocycles. The number of epoxide rings is 1. The highest BCUT2D eigenvalue weighted by Crippen LogP contribution is 2.42. The molecule has 31 heavy (non-hydrogen) atoms. The molecule has 0 spiro atoms. The summed E-state index contributed by atoms with van der Waals surface area (Å²) in [5.41, 5.74) is 0.302. The van der Waals surface area contributed by atoms with Gasteiger partial charge in [0.1, 0.15) is 30.8 Å². The van der Waals surface area contributed by atoms with E-state index in [4.69, 9.17) is 18.9 Å². The maximum Gasteiger partial charge on any atom is 0.412 e. The third-order valence-electron chi connectivity index (χ3n) is 4.80. The second-order valence-corrected chi connectivity index (χ2v) is 7.25. The number of esters is 1. The molecule has 4 rings (SSSR count). The molecule has 160 valence electrons. The monoisotopic (exact) mass is 421 g/mol. The van der Waals surface area contributed by atoms with Crippen molar-refractivity contribution in [2.75, 3.05) is 26.4 Å². The van der Waals surface area contributed by atoms with Crippen LogP contribution in [0.4, 0.5) is 4.79 Å². The maximum absolute atomic E-state index is 12.4. The molecule has 1 N–H and O–H groups in total. The van der Waals surface area contributed by atoms with E-state index in [0.717, 1.165) is 27.3 Å². The molecule has 1 heterocycles. The summed E-state index contributed by atoms with van der Waals surface area (Å²) in [6.07, 6.45) is -0.514. The molecule has 0 bridgehead atoms. The fourth-order valence-electron chi connectivity index (χ4n) is 3.20. The molecular formula is C24H23NO6. The lowest BCUT2D eigenvalue weighted by molar-refractivity contribution is -0.138. The molecule has 7 heteroatoms. The van der Waals surface area contributed by atoms with Gasteiger partial charge in [0.15, 0.2) is 0 Å². The van der Waals surface area contributed by atoms with Crippen LogP contribution in [-0.2, 0) is 14.3 Å². The molecule has 7 nitrogen and oxygen atoms in total. The van der Waals surface area contributed by atoms with Gasteiger partial charge in [-0.3, -0.25) is 0 Å². The zero-order valence-corrected chi connectivity index (χ0v) is 17.2. The molecule has 1 aliphatic heterocycles. The number of ether oxygens (including phenoxy) is 4. The van der Waals surface area contributed by atoms with E-state index in [0.29, 0.717) is 24.5 Å². The van der Waals surface area contributed by atoms with Crippen LogP contribution in [0.15, 0.2) is 60.7 Å². The second kappa shape index (κ2) is 9.06. The maximum atomic E-state index is 12.4. The van der Waals surface area contributed by atoms with Crippen LogP contribution in [0.1, 0.15) is 6.92 Å². The number of hydrogen-bond donors (Lipinski definition) is 1. The molecule has 0 aliphatic carbocycles. The molecule has 1 saturated heterocycles. The van der Waals surface area contributed by atoms with Gasteiger partial charge in [0, 0.05) is 27.1 Å². The Balaban J connectivity index is 1.58. The predicted molar refractivity (Wildman–Crippen MR) is 116 cm³/mol. The van der Waals surface area contributed by atoms with Crippen molar-refractivity contribution in [1.82, 2.24) is 5.32 Å². The number of carbonyl (C=O) groups is 2. The number of benzene rings is 3. The van der Waals surface area contributed by atoms with Crippen molar-refractivity contribution in [2.24, 2.45) is 0 Å². The standard InChI is InChI=1S/C24H23NO6/c1-15(2)23(26)28-12-11-25-24(27)31-22-19-9-5-3-7-17(19)21(30-14-16-13-29-16)18-8-4-6-10-20(18)22/h3-10,16H,1,11-14H2,2H3,(H,25,27). The van der Waals surface area contributed by atoms with Crippen LogP contribution in [0.25, 0.3) is 21.5 Å². The van der Waals surface area contributed by atoms with Crippen LogP contribution in [0.5, 0.6) is 11.5 Å². The van der Waals surface area contributed by atoms with Crippen LogP contribution < -0.4 is 14.8 Å². The highest BCUT2D eigenvalue weighted by atomic mass is 16.6. The van der Waals surface area contributed by atoms with Crippen molar-refractivity contribution in [1.29, 1.82) is 0 Å². The second-order valence-electron chi connectivity index (χ2n) is 7.25. The minimum absolute atomic E-state index is 0.0261. The molecule has 1 atom stereocenters. The molecular weight excluding hydrogens is 398 g/mol. The summed E-state index contributed by atoms with van der Waals surface area (Å²) < 4.78 is 22.0. The van der Waals surface area contributed by atoms with Gasteiger partial charge in [0.2, 0.25) is 0 Å². The van der Waals surface area contributed by atoms with Gasteiger partial charge < -0.3 is 24.3 Å². The summed E-state index contributed by atoms with van der Waals surface area (Å²) in [6, 6.07) is 15.2. The van der Waals surface area contributed by atoms with E-state index in [2.05, 4.69) is 11.9 Å². The molecule has 3 aromatic rings. The smallest absolute Gasteiger partial charge is 0.412 e. The lowest BCUT2D eigenvalue weighted by atomic mass is 10.0. The average molecular weight is 421 g/mol. The van der Waals surface area contributed by atoms with Gasteiger partial charge in [-0.25, -0.2) is 9.59 Å². The Kier molecular flexibility index (Phi) is 6.04. The highest BCUT2D eigenvalue weighted by molar-refractivity contribution is 6.11. The van der Waals surface area contributed by atoms with Crippen molar-refractivity contribution < 1.29 is 28.5 Å². The van der Waals surface area contributed by atoms with Crippen molar-refractivity contribution in [3.8, 4) is 11.5 Å². The summed E-state index contributed by atoms with van der Waals surface area (Å²) in [6.45, 7) is 6.40. The zero-order valence-electron chi connectivity index (χ0n) is 17.2. The number of fused-ring (bicyclic) bond motifs is 2. The Morgan fingerprint density at radius 2 is 1.58 bits per heavy atom. The van der Waals surface area contributed by atoms with Gasteiger partial charge in [-0.2, -0.15) is 0 Å². The molecule has 1 unspecified atom stereocenters. The van der Waals surface area contributed by atoms with Crippen LogP contribution in [0.3, 0.4) is 0 Å². The Hall–Kier alpha value is -3.58. The van der Waals surface area contributed by atoms with Gasteiger partial charge in [-0.05, 0) is 6.92 Å². The van der Waals surface area contributed by atoms with Crippen molar-refractivity contribution in [3.05, 3.63) is 60.7 Å². The van der Waals surface area contributed by atoms with E-state index in [1.807, 2.05) is 48.5 Å². The van der Waals surface area contributed by atoms with E-state index >= 15 is 0 Å². The van der Waals surface area contributed by atoms with Crippen LogP contribution >= 0.6 is 0 Å². The molecule has 0 aromatic heterocycles. The van der Waals surface area contributed by atoms with Crippen molar-refractivity contribution in [2.45, 2.75) is 13.0 Å². The van der Waals surface area contributed by atoms with E-state index in [9.17, 15) is 9.59 Å². The summed E-state index contributed by atoms with van der Waals surface area (Å²) in [5.74, 6) is 0.679. The number of nitrogens with one attached hydrogen (secondary N) is 1. The van der Waals surface area contributed by atoms with Gasteiger partial charge in [-0.15, -0.1) is 0 Å². The highest BCUT2D eigenvalue weighted by Gasteiger charge is 2.25. The van der Waals surface area contributed by atoms with E-state index < -0.39 is 12.1 Å². The minimum Gasteiger partial charge on any atom is -0.489 e. The summed E-state index contributed by atoms with van der Waals surface area (Å²) in [4.78, 5) is 23.9. The first-order chi connectivity index (χ1) is 15.0. The van der Waals surface area contributed by atoms with Gasteiger partial charge >= 0.3 is 12.1 Å². The number of hydrogen-bond acceptors (Lipinski definition) is 6. The molecule has 0 saturated carbocycles. The van der Waals surface area contributed by atoms with Gasteiger partial charge in [0.25, 0.3) is 0 Å². The Morgan fingerprint density at radius 1 is 1.03 bits per heavy atom. The Morgan fingerprint density at radius 3 is 2.10 bits per heavy atom. The number of carbonyl (C=O) groups excluding carboxylic acids is 2. The minimum atomic E-state index is -0.637. The largest absolute Gasteiger partial charge is 0.489 e. The third-order valence-corrected chi connectivity index (χ3v) is 4.80. The quantitative estimate of drug-likeness (QED) is 0.195. The van der Waals surface area contributed by atoms with Crippen LogP contribution in [0.2, 0.25) is 0 Å². The molecule has 0 radical (unpaired) electrons. The lowest BCUT2D eigenvalue weighted by Crippen LogP contribution is -2.30. The fraction of sp³-hybridized carbons (Fsp3) is 0.250. The molecule has 1 aliphatic rings. The van der Waals surface area contributed by atoms with Crippen molar-refractivity contribution in [3.63, 3.8) is 0 Å². The van der Waals surface area contributed by atoms with E-state index in [1.165, 1.54) is 0 Å².